The standard InChI is InChI=1S/C29H33N7O3S/c37-26-24(27-33-22-10-4-5-11-23(22)40-27)25(31-21-9-6-14-30-17-21)34-28(35-26)36-15-12-20(13-16-36)32-29(38)39-18-19-7-2-1-3-8-19/h1-5,7-8,10-11,20-21,30H,6,9,12-18H2,(H,32,38)(H2,31,34,35,37)/t21-/m1/s1. The third kappa shape index (κ3) is 6.10. The normalized spacial score (nSPS) is 18.0. The van der Waals surface area contributed by atoms with Crippen LogP contribution in [0.4, 0.5) is 16.6 Å². The summed E-state index contributed by atoms with van der Waals surface area (Å²) in [6, 6.07) is 17.7. The number of rotatable bonds is 7. The van der Waals surface area contributed by atoms with Crippen LogP contribution in [0, 0.1) is 0 Å². The molecule has 0 spiro atoms. The summed E-state index contributed by atoms with van der Waals surface area (Å²) in [6.07, 6.45) is 3.10. The fourth-order valence-corrected chi connectivity index (χ4v) is 6.24. The number of thiazole rings is 1. The van der Waals surface area contributed by atoms with Crippen molar-refractivity contribution in [3.63, 3.8) is 0 Å². The number of nitrogens with one attached hydrogen (secondary N) is 4. The molecule has 1 atom stereocenters. The lowest BCUT2D eigenvalue weighted by atomic mass is 10.1. The van der Waals surface area contributed by atoms with Crippen molar-refractivity contribution < 1.29 is 9.53 Å². The Morgan fingerprint density at radius 3 is 2.60 bits per heavy atom. The van der Waals surface area contributed by atoms with Crippen LogP contribution in [0.1, 0.15) is 31.2 Å². The molecule has 4 aromatic rings. The van der Waals surface area contributed by atoms with Gasteiger partial charge in [-0.15, -0.1) is 11.3 Å². The van der Waals surface area contributed by atoms with Crippen molar-refractivity contribution >= 4 is 39.4 Å². The van der Waals surface area contributed by atoms with Gasteiger partial charge in [-0.1, -0.05) is 42.5 Å². The van der Waals surface area contributed by atoms with E-state index in [4.69, 9.17) is 14.7 Å². The first-order chi connectivity index (χ1) is 19.6. The molecule has 4 N–H and O–H groups in total. The second-order valence-corrected chi connectivity index (χ2v) is 11.3. The topological polar surface area (TPSA) is 124 Å². The molecule has 0 unspecified atom stereocenters. The van der Waals surface area contributed by atoms with Gasteiger partial charge in [-0.2, -0.15) is 4.98 Å². The highest BCUT2D eigenvalue weighted by molar-refractivity contribution is 7.21. The van der Waals surface area contributed by atoms with E-state index in [9.17, 15) is 9.59 Å². The molecule has 40 heavy (non-hydrogen) atoms. The summed E-state index contributed by atoms with van der Waals surface area (Å²) in [5.41, 5.74) is 2.09. The summed E-state index contributed by atoms with van der Waals surface area (Å²) in [7, 11) is 0. The third-order valence-corrected chi connectivity index (χ3v) is 8.44. The maximum atomic E-state index is 13.5. The summed E-state index contributed by atoms with van der Waals surface area (Å²) in [4.78, 5) is 40.6. The number of carbonyl (C=O) groups excluding carboxylic acids is 1. The molecule has 2 aliphatic rings. The van der Waals surface area contributed by atoms with Crippen molar-refractivity contribution in [3.05, 3.63) is 70.5 Å². The SMILES string of the molecule is O=C(NC1CCN(c2nc(N[C@@H]3CCCNC3)c(-c3nc4ccccc4s3)c(=O)[nH]2)CC1)OCc1ccccc1. The Kier molecular flexibility index (Phi) is 7.92. The highest BCUT2D eigenvalue weighted by Crippen LogP contribution is 2.33. The van der Waals surface area contributed by atoms with Gasteiger partial charge in [-0.25, -0.2) is 9.78 Å². The number of fused-ring (bicyclic) bond motifs is 1. The molecule has 0 bridgehead atoms. The number of hydrogen-bond acceptors (Lipinski definition) is 9. The average Bonchev–Trinajstić information content (AvgIpc) is 3.41. The van der Waals surface area contributed by atoms with Crippen LogP contribution < -0.4 is 26.4 Å². The second kappa shape index (κ2) is 12.1. The van der Waals surface area contributed by atoms with E-state index in [0.717, 1.165) is 54.6 Å². The number of ether oxygens (including phenoxy) is 1. The van der Waals surface area contributed by atoms with E-state index in [-0.39, 0.29) is 24.2 Å². The lowest BCUT2D eigenvalue weighted by Crippen LogP contribution is -2.45. The molecule has 6 rings (SSSR count). The number of para-hydroxylation sites is 1. The van der Waals surface area contributed by atoms with Crippen LogP contribution in [0.2, 0.25) is 0 Å². The van der Waals surface area contributed by atoms with Crippen LogP contribution in [-0.4, -0.2) is 59.3 Å². The van der Waals surface area contributed by atoms with E-state index >= 15 is 0 Å². The molecule has 1 amide bonds. The zero-order valence-corrected chi connectivity index (χ0v) is 23.0. The van der Waals surface area contributed by atoms with Crippen molar-refractivity contribution in [1.82, 2.24) is 25.6 Å². The molecule has 208 valence electrons. The molecule has 10 nitrogen and oxygen atoms in total. The molecular formula is C29H33N7O3S. The van der Waals surface area contributed by atoms with Gasteiger partial charge in [-0.3, -0.25) is 9.78 Å². The first kappa shape index (κ1) is 26.3. The number of H-pyrrole nitrogens is 1. The molecule has 0 radical (unpaired) electrons. The van der Waals surface area contributed by atoms with Crippen LogP contribution in [0.25, 0.3) is 20.8 Å². The molecule has 2 aromatic carbocycles. The molecule has 2 fully saturated rings. The molecule has 2 aromatic heterocycles. The number of anilines is 2. The summed E-state index contributed by atoms with van der Waals surface area (Å²) >= 11 is 1.50. The number of carbonyl (C=O) groups is 1. The summed E-state index contributed by atoms with van der Waals surface area (Å²) < 4.78 is 6.41. The smallest absolute Gasteiger partial charge is 0.407 e. The van der Waals surface area contributed by atoms with Gasteiger partial charge in [0.25, 0.3) is 5.56 Å². The average molecular weight is 560 g/mol. The first-order valence-electron chi connectivity index (χ1n) is 13.8. The van der Waals surface area contributed by atoms with Gasteiger partial charge >= 0.3 is 6.09 Å². The molecule has 0 aliphatic carbocycles. The van der Waals surface area contributed by atoms with Gasteiger partial charge in [0.15, 0.2) is 0 Å². The number of piperidine rings is 2. The molecule has 11 heteroatoms. The number of nitrogens with zero attached hydrogens (tertiary/aromatic N) is 3. The van der Waals surface area contributed by atoms with Gasteiger partial charge in [0.05, 0.1) is 10.2 Å². The highest BCUT2D eigenvalue weighted by Gasteiger charge is 2.26. The fraction of sp³-hybridized carbons (Fsp3) is 0.379. The van der Waals surface area contributed by atoms with E-state index in [1.807, 2.05) is 54.6 Å². The maximum absolute atomic E-state index is 13.5. The zero-order chi connectivity index (χ0) is 27.3. The molecule has 4 heterocycles. The Morgan fingerprint density at radius 2 is 1.82 bits per heavy atom. The number of aromatic nitrogens is 3. The number of aromatic amines is 1. The van der Waals surface area contributed by atoms with Crippen LogP contribution in [-0.2, 0) is 11.3 Å². The minimum Gasteiger partial charge on any atom is -0.445 e. The molecule has 0 saturated carbocycles. The number of hydrogen-bond donors (Lipinski definition) is 4. The van der Waals surface area contributed by atoms with Crippen molar-refractivity contribution in [3.8, 4) is 10.6 Å². The minimum absolute atomic E-state index is 0.000763. The minimum atomic E-state index is -0.415. The monoisotopic (exact) mass is 559 g/mol. The predicted molar refractivity (Wildman–Crippen MR) is 158 cm³/mol. The molecular weight excluding hydrogens is 526 g/mol. The highest BCUT2D eigenvalue weighted by atomic mass is 32.1. The van der Waals surface area contributed by atoms with Gasteiger partial charge < -0.3 is 25.6 Å². The van der Waals surface area contributed by atoms with Crippen LogP contribution in [0.3, 0.4) is 0 Å². The van der Waals surface area contributed by atoms with Crippen LogP contribution >= 0.6 is 11.3 Å². The quantitative estimate of drug-likeness (QED) is 0.267. The van der Waals surface area contributed by atoms with E-state index in [0.29, 0.717) is 35.4 Å². The van der Waals surface area contributed by atoms with Crippen LogP contribution in [0.5, 0.6) is 0 Å². The maximum Gasteiger partial charge on any atom is 0.407 e. The third-order valence-electron chi connectivity index (χ3n) is 7.38. The Bertz CT molecular complexity index is 1480. The number of benzene rings is 2. The van der Waals surface area contributed by atoms with E-state index in [2.05, 4.69) is 25.8 Å². The van der Waals surface area contributed by atoms with Crippen molar-refractivity contribution in [1.29, 1.82) is 0 Å². The summed E-state index contributed by atoms with van der Waals surface area (Å²) in [6.45, 7) is 3.36. The fourth-order valence-electron chi connectivity index (χ4n) is 5.23. The van der Waals surface area contributed by atoms with E-state index < -0.39 is 6.09 Å². The number of alkyl carbamates (subject to hydrolysis) is 1. The lowest BCUT2D eigenvalue weighted by molar-refractivity contribution is 0.134. The van der Waals surface area contributed by atoms with Gasteiger partial charge in [0.2, 0.25) is 5.95 Å². The second-order valence-electron chi connectivity index (χ2n) is 10.3. The Morgan fingerprint density at radius 1 is 1.02 bits per heavy atom. The first-order valence-corrected chi connectivity index (χ1v) is 14.6. The summed E-state index contributed by atoms with van der Waals surface area (Å²) in [5, 5.41) is 10.6. The Balaban J connectivity index is 1.16. The lowest BCUT2D eigenvalue weighted by Gasteiger charge is -2.33. The van der Waals surface area contributed by atoms with Gasteiger partial charge in [-0.05, 0) is 49.9 Å². The molecule has 2 aliphatic heterocycles. The summed E-state index contributed by atoms with van der Waals surface area (Å²) in [5.74, 6) is 1.10. The predicted octanol–water partition coefficient (Wildman–Crippen LogP) is 4.11. The zero-order valence-electron chi connectivity index (χ0n) is 22.2. The largest absolute Gasteiger partial charge is 0.445 e. The van der Waals surface area contributed by atoms with E-state index in [1.54, 1.807) is 0 Å². The van der Waals surface area contributed by atoms with Crippen molar-refractivity contribution in [2.24, 2.45) is 0 Å². The Hall–Kier alpha value is -3.96. The number of amides is 1. The van der Waals surface area contributed by atoms with Gasteiger partial charge in [0.1, 0.15) is 23.0 Å². The van der Waals surface area contributed by atoms with Crippen LogP contribution in [0.15, 0.2) is 59.4 Å². The van der Waals surface area contributed by atoms with Gasteiger partial charge in [0, 0.05) is 31.7 Å². The molecule has 2 saturated heterocycles. The van der Waals surface area contributed by atoms with E-state index in [1.165, 1.54) is 11.3 Å². The van der Waals surface area contributed by atoms with Crippen molar-refractivity contribution in [2.75, 3.05) is 36.4 Å². The van der Waals surface area contributed by atoms with Crippen molar-refractivity contribution in [2.45, 2.75) is 44.4 Å². The Labute approximate surface area is 236 Å².